The van der Waals surface area contributed by atoms with Crippen molar-refractivity contribution in [2.45, 2.75) is 0 Å². The van der Waals surface area contributed by atoms with Crippen molar-refractivity contribution in [3.05, 3.63) is 51.0 Å². The average Bonchev–Trinajstić information content (AvgIpc) is 2.28. The van der Waals surface area contributed by atoms with E-state index in [1.54, 1.807) is 24.3 Å². The first-order chi connectivity index (χ1) is 7.66. The van der Waals surface area contributed by atoms with Gasteiger partial charge in [0, 0.05) is 10.7 Å². The molecule has 0 aliphatic heterocycles. The third kappa shape index (κ3) is 2.35. The van der Waals surface area contributed by atoms with Gasteiger partial charge in [-0.25, -0.2) is 4.98 Å². The zero-order valence-corrected chi connectivity index (χ0v) is 9.51. The lowest BCUT2D eigenvalue weighted by Crippen LogP contribution is -2.09. The summed E-state index contributed by atoms with van der Waals surface area (Å²) in [5, 5.41) is 3.58. The molecule has 0 spiro atoms. The monoisotopic (exact) mass is 255 g/mol. The Morgan fingerprint density at radius 1 is 1.19 bits per heavy atom. The van der Waals surface area contributed by atoms with Gasteiger partial charge in [0.15, 0.2) is 5.82 Å². The highest BCUT2D eigenvalue weighted by Gasteiger charge is 2.05. The van der Waals surface area contributed by atoms with E-state index in [1.165, 1.54) is 6.33 Å². The van der Waals surface area contributed by atoms with E-state index in [2.05, 4.69) is 15.3 Å². The Balaban J connectivity index is 2.30. The maximum Gasteiger partial charge on any atom is 0.271 e. The van der Waals surface area contributed by atoms with Crippen LogP contribution in [0.2, 0.25) is 10.0 Å². The molecule has 0 saturated heterocycles. The molecule has 0 amide bonds. The SMILES string of the molecule is O=c1[nH]cnc(Nc2ccc(Cl)cc2)c1Cl. The first kappa shape index (κ1) is 11.0. The summed E-state index contributed by atoms with van der Waals surface area (Å²) in [6.45, 7) is 0. The molecule has 0 radical (unpaired) electrons. The fourth-order valence-corrected chi connectivity index (χ4v) is 1.42. The Morgan fingerprint density at radius 3 is 2.56 bits per heavy atom. The molecule has 2 aromatic rings. The van der Waals surface area contributed by atoms with E-state index in [-0.39, 0.29) is 10.6 Å². The van der Waals surface area contributed by atoms with Crippen LogP contribution in [-0.2, 0) is 0 Å². The summed E-state index contributed by atoms with van der Waals surface area (Å²) in [6, 6.07) is 6.99. The van der Waals surface area contributed by atoms with Crippen molar-refractivity contribution >= 4 is 34.7 Å². The molecule has 6 heteroatoms. The fraction of sp³-hybridized carbons (Fsp3) is 0. The van der Waals surface area contributed by atoms with Crippen molar-refractivity contribution in [2.24, 2.45) is 0 Å². The number of rotatable bonds is 2. The smallest absolute Gasteiger partial charge is 0.271 e. The van der Waals surface area contributed by atoms with Crippen LogP contribution < -0.4 is 10.9 Å². The summed E-state index contributed by atoms with van der Waals surface area (Å²) in [7, 11) is 0. The molecule has 0 aliphatic carbocycles. The number of anilines is 2. The predicted octanol–water partition coefficient (Wildman–Crippen LogP) is 2.82. The summed E-state index contributed by atoms with van der Waals surface area (Å²) < 4.78 is 0. The molecule has 2 rings (SSSR count). The van der Waals surface area contributed by atoms with Crippen LogP contribution in [0.3, 0.4) is 0 Å². The summed E-state index contributed by atoms with van der Waals surface area (Å²) >= 11 is 11.5. The number of hydrogen-bond acceptors (Lipinski definition) is 3. The third-order valence-electron chi connectivity index (χ3n) is 1.90. The highest BCUT2D eigenvalue weighted by molar-refractivity contribution is 6.32. The first-order valence-corrected chi connectivity index (χ1v) is 5.18. The average molecular weight is 256 g/mol. The number of H-pyrrole nitrogens is 1. The number of nitrogens with zero attached hydrogens (tertiary/aromatic N) is 1. The second-order valence-corrected chi connectivity index (χ2v) is 3.84. The predicted molar refractivity (Wildman–Crippen MR) is 64.6 cm³/mol. The summed E-state index contributed by atoms with van der Waals surface area (Å²) in [5.41, 5.74) is 0.373. The molecule has 0 bridgehead atoms. The van der Waals surface area contributed by atoms with Gasteiger partial charge in [-0.2, -0.15) is 0 Å². The minimum absolute atomic E-state index is 0.0254. The first-order valence-electron chi connectivity index (χ1n) is 4.42. The highest BCUT2D eigenvalue weighted by Crippen LogP contribution is 2.20. The molecular weight excluding hydrogens is 249 g/mol. The van der Waals surface area contributed by atoms with Crippen molar-refractivity contribution in [3.63, 3.8) is 0 Å². The number of nitrogens with one attached hydrogen (secondary N) is 2. The van der Waals surface area contributed by atoms with Crippen LogP contribution in [0.25, 0.3) is 0 Å². The maximum atomic E-state index is 11.2. The largest absolute Gasteiger partial charge is 0.339 e. The molecule has 1 aromatic heterocycles. The minimum Gasteiger partial charge on any atom is -0.339 e. The van der Waals surface area contributed by atoms with Crippen molar-refractivity contribution in [1.29, 1.82) is 0 Å². The van der Waals surface area contributed by atoms with Gasteiger partial charge in [0.2, 0.25) is 0 Å². The quantitative estimate of drug-likeness (QED) is 0.868. The van der Waals surface area contributed by atoms with Gasteiger partial charge in [-0.3, -0.25) is 4.79 Å². The van der Waals surface area contributed by atoms with Crippen LogP contribution in [0.1, 0.15) is 0 Å². The molecule has 82 valence electrons. The second kappa shape index (κ2) is 4.55. The molecule has 16 heavy (non-hydrogen) atoms. The zero-order valence-electron chi connectivity index (χ0n) is 8.00. The van der Waals surface area contributed by atoms with Crippen molar-refractivity contribution in [3.8, 4) is 0 Å². The maximum absolute atomic E-state index is 11.2. The van der Waals surface area contributed by atoms with Gasteiger partial charge in [-0.1, -0.05) is 23.2 Å². The lowest BCUT2D eigenvalue weighted by atomic mass is 10.3. The number of hydrogen-bond donors (Lipinski definition) is 2. The molecule has 0 saturated carbocycles. The molecular formula is C10H7Cl2N3O. The van der Waals surface area contributed by atoms with Gasteiger partial charge in [0.05, 0.1) is 6.33 Å². The lowest BCUT2D eigenvalue weighted by molar-refractivity contribution is 1.12. The molecule has 0 unspecified atom stereocenters. The van der Waals surface area contributed by atoms with E-state index in [4.69, 9.17) is 23.2 Å². The second-order valence-electron chi connectivity index (χ2n) is 3.03. The van der Waals surface area contributed by atoms with E-state index in [1.807, 2.05) is 0 Å². The third-order valence-corrected chi connectivity index (χ3v) is 2.51. The standard InChI is InChI=1S/C10H7Cl2N3O/c11-6-1-3-7(4-2-6)15-9-8(12)10(16)14-5-13-9/h1-5H,(H2,13,14,15,16). The molecule has 0 atom stereocenters. The van der Waals surface area contributed by atoms with E-state index < -0.39 is 0 Å². The Morgan fingerprint density at radius 2 is 1.88 bits per heavy atom. The Bertz CT molecular complexity index is 551. The van der Waals surface area contributed by atoms with Crippen molar-refractivity contribution in [2.75, 3.05) is 5.32 Å². The van der Waals surface area contributed by atoms with Crippen molar-refractivity contribution in [1.82, 2.24) is 9.97 Å². The topological polar surface area (TPSA) is 57.8 Å². The molecule has 2 N–H and O–H groups in total. The van der Waals surface area contributed by atoms with E-state index >= 15 is 0 Å². The highest BCUT2D eigenvalue weighted by atomic mass is 35.5. The van der Waals surface area contributed by atoms with E-state index in [0.717, 1.165) is 5.69 Å². The Hall–Kier alpha value is -1.52. The van der Waals surface area contributed by atoms with Gasteiger partial charge in [-0.05, 0) is 24.3 Å². The van der Waals surface area contributed by atoms with Crippen LogP contribution in [0, 0.1) is 0 Å². The molecule has 4 nitrogen and oxygen atoms in total. The van der Waals surface area contributed by atoms with Crippen LogP contribution in [0.15, 0.2) is 35.4 Å². The number of halogens is 2. The number of aromatic amines is 1. The number of aromatic nitrogens is 2. The Labute approximate surface area is 101 Å². The zero-order chi connectivity index (χ0) is 11.5. The molecule has 1 aromatic carbocycles. The fourth-order valence-electron chi connectivity index (χ4n) is 1.14. The van der Waals surface area contributed by atoms with E-state index in [0.29, 0.717) is 10.8 Å². The van der Waals surface area contributed by atoms with Crippen LogP contribution in [-0.4, -0.2) is 9.97 Å². The lowest BCUT2D eigenvalue weighted by Gasteiger charge is -2.05. The summed E-state index contributed by atoms with van der Waals surface area (Å²) in [4.78, 5) is 17.5. The number of benzene rings is 1. The van der Waals surface area contributed by atoms with E-state index in [9.17, 15) is 4.79 Å². The van der Waals surface area contributed by atoms with Gasteiger partial charge >= 0.3 is 0 Å². The van der Waals surface area contributed by atoms with Gasteiger partial charge in [-0.15, -0.1) is 0 Å². The van der Waals surface area contributed by atoms with Crippen LogP contribution in [0.5, 0.6) is 0 Å². The van der Waals surface area contributed by atoms with Gasteiger partial charge < -0.3 is 10.3 Å². The van der Waals surface area contributed by atoms with Crippen LogP contribution >= 0.6 is 23.2 Å². The van der Waals surface area contributed by atoms with Gasteiger partial charge in [0.25, 0.3) is 5.56 Å². The molecule has 1 heterocycles. The Kier molecular flexibility index (Phi) is 3.12. The van der Waals surface area contributed by atoms with Gasteiger partial charge in [0.1, 0.15) is 5.02 Å². The van der Waals surface area contributed by atoms with Crippen molar-refractivity contribution < 1.29 is 0 Å². The summed E-state index contributed by atoms with van der Waals surface area (Å²) in [5.74, 6) is 0.313. The van der Waals surface area contributed by atoms with Crippen LogP contribution in [0.4, 0.5) is 11.5 Å². The normalized spacial score (nSPS) is 10.1. The summed E-state index contributed by atoms with van der Waals surface area (Å²) in [6.07, 6.45) is 1.28. The molecule has 0 aliphatic rings. The molecule has 0 fully saturated rings. The minimum atomic E-state index is -0.381.